The van der Waals surface area contributed by atoms with Gasteiger partial charge >= 0.3 is 0 Å². The summed E-state index contributed by atoms with van der Waals surface area (Å²) in [5, 5.41) is 3.28. The van der Waals surface area contributed by atoms with Crippen LogP contribution in [0.25, 0.3) is 0 Å². The van der Waals surface area contributed by atoms with E-state index in [0.717, 1.165) is 18.8 Å². The largest absolute Gasteiger partial charge is 0.305 e. The molecule has 1 N–H and O–H groups in total. The van der Waals surface area contributed by atoms with Crippen molar-refractivity contribution in [3.63, 3.8) is 0 Å². The number of Topliss-reactive ketones (excluding diaryl/α,β-unsaturated/α-hetero) is 1. The van der Waals surface area contributed by atoms with Gasteiger partial charge in [-0.1, -0.05) is 19.8 Å². The maximum absolute atomic E-state index is 11.9. The highest BCUT2D eigenvalue weighted by molar-refractivity contribution is 5.83. The van der Waals surface area contributed by atoms with Gasteiger partial charge in [0.25, 0.3) is 0 Å². The predicted octanol–water partition coefficient (Wildman–Crippen LogP) is 2.77. The molecule has 0 atom stereocenters. The maximum atomic E-state index is 11.9. The highest BCUT2D eigenvalue weighted by atomic mass is 16.1. The lowest BCUT2D eigenvalue weighted by Crippen LogP contribution is -2.41. The van der Waals surface area contributed by atoms with E-state index in [2.05, 4.69) is 33.0 Å². The van der Waals surface area contributed by atoms with E-state index in [9.17, 15) is 4.79 Å². The Morgan fingerprint density at radius 3 is 2.20 bits per heavy atom. The Balaban J connectivity index is 2.29. The lowest BCUT2D eigenvalue weighted by molar-refractivity contribution is -0.123. The van der Waals surface area contributed by atoms with Gasteiger partial charge in [0.15, 0.2) is 0 Å². The van der Waals surface area contributed by atoms with Crippen LogP contribution in [0, 0.1) is 11.8 Å². The van der Waals surface area contributed by atoms with Crippen molar-refractivity contribution in [1.29, 1.82) is 0 Å². The van der Waals surface area contributed by atoms with Crippen molar-refractivity contribution in [2.75, 3.05) is 6.54 Å². The average molecular weight is 211 g/mol. The normalized spacial score (nSPS) is 27.7. The molecule has 1 aliphatic rings. The Morgan fingerprint density at radius 1 is 1.20 bits per heavy atom. The molecule has 88 valence electrons. The van der Waals surface area contributed by atoms with Gasteiger partial charge < -0.3 is 5.32 Å². The Hall–Kier alpha value is -0.370. The second kappa shape index (κ2) is 5.11. The van der Waals surface area contributed by atoms with Crippen LogP contribution >= 0.6 is 0 Å². The van der Waals surface area contributed by atoms with Gasteiger partial charge in [0.2, 0.25) is 0 Å². The monoisotopic (exact) mass is 211 g/mol. The number of carbonyl (C=O) groups is 1. The van der Waals surface area contributed by atoms with Crippen molar-refractivity contribution in [2.45, 2.75) is 58.9 Å². The Kier molecular flexibility index (Phi) is 4.32. The third-order valence-corrected chi connectivity index (χ3v) is 3.26. The third-order valence-electron chi connectivity index (χ3n) is 3.26. The Labute approximate surface area is 93.8 Å². The maximum Gasteiger partial charge on any atom is 0.149 e. The van der Waals surface area contributed by atoms with E-state index < -0.39 is 0 Å². The molecule has 15 heavy (non-hydrogen) atoms. The summed E-state index contributed by atoms with van der Waals surface area (Å²) < 4.78 is 0. The minimum absolute atomic E-state index is 0.0532. The predicted molar refractivity (Wildman–Crippen MR) is 63.9 cm³/mol. The molecule has 0 aromatic rings. The molecule has 1 rings (SSSR count). The standard InChI is InChI=1S/C13H25NO/c1-10-5-7-11(8-6-10)12(15)9-14-13(2,3)4/h10-11,14H,5-9H2,1-4H3. The van der Waals surface area contributed by atoms with Crippen LogP contribution in [-0.2, 0) is 4.79 Å². The summed E-state index contributed by atoms with van der Waals surface area (Å²) in [6.07, 6.45) is 4.66. The molecule has 0 aromatic carbocycles. The molecule has 2 heteroatoms. The first-order valence-electron chi connectivity index (χ1n) is 6.16. The van der Waals surface area contributed by atoms with E-state index in [1.54, 1.807) is 0 Å². The van der Waals surface area contributed by atoms with Gasteiger partial charge in [0.1, 0.15) is 5.78 Å². The summed E-state index contributed by atoms with van der Waals surface area (Å²) in [6, 6.07) is 0. The summed E-state index contributed by atoms with van der Waals surface area (Å²) in [5.41, 5.74) is 0.0532. The van der Waals surface area contributed by atoms with E-state index in [-0.39, 0.29) is 5.54 Å². The highest BCUT2D eigenvalue weighted by Crippen LogP contribution is 2.28. The van der Waals surface area contributed by atoms with Gasteiger partial charge in [-0.3, -0.25) is 4.79 Å². The van der Waals surface area contributed by atoms with Crippen LogP contribution in [0.5, 0.6) is 0 Å². The number of hydrogen-bond donors (Lipinski definition) is 1. The molecule has 1 saturated carbocycles. The van der Waals surface area contributed by atoms with Crippen LogP contribution in [0.15, 0.2) is 0 Å². The van der Waals surface area contributed by atoms with Crippen LogP contribution < -0.4 is 5.32 Å². The molecule has 0 spiro atoms. The van der Waals surface area contributed by atoms with Gasteiger partial charge in [0, 0.05) is 11.5 Å². The summed E-state index contributed by atoms with van der Waals surface area (Å²) in [4.78, 5) is 11.9. The molecule has 0 heterocycles. The molecule has 0 bridgehead atoms. The Bertz CT molecular complexity index is 209. The van der Waals surface area contributed by atoms with Crippen molar-refractivity contribution in [3.05, 3.63) is 0 Å². The molecule has 0 aliphatic heterocycles. The molecular formula is C13H25NO. The first kappa shape index (κ1) is 12.7. The Morgan fingerprint density at radius 2 is 1.73 bits per heavy atom. The van der Waals surface area contributed by atoms with Crippen molar-refractivity contribution >= 4 is 5.78 Å². The fourth-order valence-corrected chi connectivity index (χ4v) is 2.08. The first-order chi connectivity index (χ1) is 6.88. The number of carbonyl (C=O) groups excluding carboxylic acids is 1. The van der Waals surface area contributed by atoms with E-state index in [1.807, 2.05) is 0 Å². The lowest BCUT2D eigenvalue weighted by atomic mass is 9.81. The van der Waals surface area contributed by atoms with Gasteiger partial charge in [-0.25, -0.2) is 0 Å². The fourth-order valence-electron chi connectivity index (χ4n) is 2.08. The topological polar surface area (TPSA) is 29.1 Å². The van der Waals surface area contributed by atoms with Crippen LogP contribution in [-0.4, -0.2) is 17.9 Å². The number of hydrogen-bond acceptors (Lipinski definition) is 2. The zero-order valence-electron chi connectivity index (χ0n) is 10.6. The summed E-state index contributed by atoms with van der Waals surface area (Å²) in [5.74, 6) is 1.57. The zero-order chi connectivity index (χ0) is 11.5. The van der Waals surface area contributed by atoms with Crippen molar-refractivity contribution in [3.8, 4) is 0 Å². The van der Waals surface area contributed by atoms with Crippen LogP contribution in [0.1, 0.15) is 53.4 Å². The van der Waals surface area contributed by atoms with Crippen LogP contribution in [0.2, 0.25) is 0 Å². The number of rotatable bonds is 3. The van der Waals surface area contributed by atoms with Crippen LogP contribution in [0.4, 0.5) is 0 Å². The molecule has 1 fully saturated rings. The second-order valence-corrected chi connectivity index (χ2v) is 6.03. The molecular weight excluding hydrogens is 186 g/mol. The second-order valence-electron chi connectivity index (χ2n) is 6.03. The molecule has 0 unspecified atom stereocenters. The minimum Gasteiger partial charge on any atom is -0.305 e. The number of nitrogens with one attached hydrogen (secondary N) is 1. The summed E-state index contributed by atoms with van der Waals surface area (Å²) in [7, 11) is 0. The minimum atomic E-state index is 0.0532. The average Bonchev–Trinajstić information content (AvgIpc) is 2.14. The van der Waals surface area contributed by atoms with Crippen molar-refractivity contribution < 1.29 is 4.79 Å². The third kappa shape index (κ3) is 4.78. The number of ketones is 1. The van der Waals surface area contributed by atoms with Crippen LogP contribution in [0.3, 0.4) is 0 Å². The first-order valence-corrected chi connectivity index (χ1v) is 6.16. The molecule has 0 saturated heterocycles. The zero-order valence-corrected chi connectivity index (χ0v) is 10.6. The summed E-state index contributed by atoms with van der Waals surface area (Å²) >= 11 is 0. The molecule has 2 nitrogen and oxygen atoms in total. The van der Waals surface area contributed by atoms with E-state index in [4.69, 9.17) is 0 Å². The van der Waals surface area contributed by atoms with Crippen molar-refractivity contribution in [1.82, 2.24) is 5.32 Å². The van der Waals surface area contributed by atoms with E-state index >= 15 is 0 Å². The quantitative estimate of drug-likeness (QED) is 0.777. The molecule has 0 radical (unpaired) electrons. The van der Waals surface area contributed by atoms with Gasteiger partial charge in [-0.15, -0.1) is 0 Å². The molecule has 0 amide bonds. The van der Waals surface area contributed by atoms with Gasteiger partial charge in [-0.05, 0) is 39.5 Å². The lowest BCUT2D eigenvalue weighted by Gasteiger charge is -2.27. The van der Waals surface area contributed by atoms with Crippen molar-refractivity contribution in [2.24, 2.45) is 11.8 Å². The smallest absolute Gasteiger partial charge is 0.149 e. The molecule has 0 aromatic heterocycles. The van der Waals surface area contributed by atoms with E-state index in [1.165, 1.54) is 12.8 Å². The summed E-state index contributed by atoms with van der Waals surface area (Å²) in [6.45, 7) is 9.13. The molecule has 1 aliphatic carbocycles. The fraction of sp³-hybridized carbons (Fsp3) is 0.923. The van der Waals surface area contributed by atoms with Gasteiger partial charge in [-0.2, -0.15) is 0 Å². The van der Waals surface area contributed by atoms with E-state index in [0.29, 0.717) is 18.2 Å². The highest BCUT2D eigenvalue weighted by Gasteiger charge is 2.24. The SMILES string of the molecule is CC1CCC(C(=O)CNC(C)(C)C)CC1. The van der Waals surface area contributed by atoms with Gasteiger partial charge in [0.05, 0.1) is 6.54 Å².